The van der Waals surface area contributed by atoms with Crippen LogP contribution in [0.1, 0.15) is 31.9 Å². The van der Waals surface area contributed by atoms with E-state index in [4.69, 9.17) is 0 Å². The Bertz CT molecular complexity index is 440. The van der Waals surface area contributed by atoms with E-state index in [2.05, 4.69) is 18.0 Å². The van der Waals surface area contributed by atoms with Crippen LogP contribution < -0.4 is 0 Å². The lowest BCUT2D eigenvalue weighted by Crippen LogP contribution is -2.04. The van der Waals surface area contributed by atoms with Gasteiger partial charge in [0, 0.05) is 12.3 Å². The van der Waals surface area contributed by atoms with Crippen LogP contribution >= 0.6 is 0 Å². The van der Waals surface area contributed by atoms with Crippen LogP contribution in [0.25, 0.3) is 5.57 Å². The van der Waals surface area contributed by atoms with Crippen molar-refractivity contribution in [2.24, 2.45) is 5.92 Å². The summed E-state index contributed by atoms with van der Waals surface area (Å²) in [6.45, 7) is 2.19. The third-order valence-corrected chi connectivity index (χ3v) is 2.96. The monoisotopic (exact) mass is 218 g/mol. The molecule has 1 aliphatic carbocycles. The number of rotatable bonds is 2. The lowest BCUT2D eigenvalue weighted by Gasteiger charge is -2.17. The molecule has 0 radical (unpaired) electrons. The van der Waals surface area contributed by atoms with Crippen LogP contribution in [-0.2, 0) is 0 Å². The van der Waals surface area contributed by atoms with E-state index in [1.165, 1.54) is 6.07 Å². The molecular weight excluding hydrogens is 204 g/mol. The molecule has 0 bridgehead atoms. The summed E-state index contributed by atoms with van der Waals surface area (Å²) in [5, 5.41) is 10.9. The summed E-state index contributed by atoms with van der Waals surface area (Å²) < 4.78 is 0. The number of pyridine rings is 1. The average molecular weight is 218 g/mol. The van der Waals surface area contributed by atoms with E-state index in [0.29, 0.717) is 11.6 Å². The first kappa shape index (κ1) is 10.8. The molecule has 1 aliphatic rings. The molecular formula is C12H14N2O2. The second-order valence-electron chi connectivity index (χ2n) is 4.24. The van der Waals surface area contributed by atoms with Crippen molar-refractivity contribution in [2.45, 2.75) is 26.2 Å². The normalized spacial score (nSPS) is 20.3. The van der Waals surface area contributed by atoms with E-state index in [-0.39, 0.29) is 10.6 Å². The van der Waals surface area contributed by atoms with Crippen LogP contribution in [0.4, 0.5) is 5.69 Å². The standard InChI is InChI=1S/C12H14N2O2/c1-9-4-6-10(7-5-9)12-11(14(15)16)3-2-8-13-12/h2-3,6,8-9H,4-5,7H2,1H3. The Labute approximate surface area is 94.2 Å². The highest BCUT2D eigenvalue weighted by Gasteiger charge is 2.20. The molecule has 1 aromatic rings. The van der Waals surface area contributed by atoms with Gasteiger partial charge in [-0.05, 0) is 36.8 Å². The molecule has 0 saturated carbocycles. The maximum absolute atomic E-state index is 10.9. The second kappa shape index (κ2) is 4.43. The summed E-state index contributed by atoms with van der Waals surface area (Å²) in [5.74, 6) is 0.673. The SMILES string of the molecule is CC1CC=C(c2ncccc2[N+](=O)[O-])CC1. The molecule has 0 saturated heterocycles. The fraction of sp³-hybridized carbons (Fsp3) is 0.417. The van der Waals surface area contributed by atoms with Crippen LogP contribution in [-0.4, -0.2) is 9.91 Å². The van der Waals surface area contributed by atoms with E-state index >= 15 is 0 Å². The largest absolute Gasteiger partial charge is 0.295 e. The third-order valence-electron chi connectivity index (χ3n) is 2.96. The number of nitro groups is 1. The summed E-state index contributed by atoms with van der Waals surface area (Å²) >= 11 is 0. The van der Waals surface area contributed by atoms with Crippen LogP contribution in [0.5, 0.6) is 0 Å². The Morgan fingerprint density at radius 1 is 1.56 bits per heavy atom. The Hall–Kier alpha value is -1.71. The van der Waals surface area contributed by atoms with Gasteiger partial charge in [-0.1, -0.05) is 13.0 Å². The van der Waals surface area contributed by atoms with Crippen LogP contribution in [0.2, 0.25) is 0 Å². The molecule has 0 amide bonds. The zero-order valence-electron chi connectivity index (χ0n) is 9.22. The third kappa shape index (κ3) is 2.10. The average Bonchev–Trinajstić information content (AvgIpc) is 2.30. The van der Waals surface area contributed by atoms with Crippen molar-refractivity contribution in [1.29, 1.82) is 0 Å². The second-order valence-corrected chi connectivity index (χ2v) is 4.24. The molecule has 1 unspecified atom stereocenters. The summed E-state index contributed by atoms with van der Waals surface area (Å²) in [5.41, 5.74) is 1.67. The highest BCUT2D eigenvalue weighted by molar-refractivity contribution is 5.70. The van der Waals surface area contributed by atoms with Crippen molar-refractivity contribution in [2.75, 3.05) is 0 Å². The van der Waals surface area contributed by atoms with E-state index in [1.807, 2.05) is 0 Å². The molecule has 2 rings (SSSR count). The molecule has 0 N–H and O–H groups in total. The van der Waals surface area contributed by atoms with Gasteiger partial charge in [-0.15, -0.1) is 0 Å². The van der Waals surface area contributed by atoms with E-state index in [1.54, 1.807) is 12.3 Å². The maximum Gasteiger partial charge on any atom is 0.295 e. The molecule has 0 fully saturated rings. The lowest BCUT2D eigenvalue weighted by atomic mass is 9.89. The van der Waals surface area contributed by atoms with Gasteiger partial charge in [-0.25, -0.2) is 4.98 Å². The molecule has 0 aliphatic heterocycles. The molecule has 4 nitrogen and oxygen atoms in total. The number of hydrogen-bond donors (Lipinski definition) is 0. The zero-order chi connectivity index (χ0) is 11.5. The Morgan fingerprint density at radius 2 is 2.38 bits per heavy atom. The van der Waals surface area contributed by atoms with Gasteiger partial charge in [0.1, 0.15) is 5.69 Å². The van der Waals surface area contributed by atoms with Gasteiger partial charge < -0.3 is 0 Å². The van der Waals surface area contributed by atoms with Crippen molar-refractivity contribution in [1.82, 2.24) is 4.98 Å². The first-order valence-corrected chi connectivity index (χ1v) is 5.47. The van der Waals surface area contributed by atoms with Crippen LogP contribution in [0.15, 0.2) is 24.4 Å². The van der Waals surface area contributed by atoms with Gasteiger partial charge in [-0.2, -0.15) is 0 Å². The fourth-order valence-electron chi connectivity index (χ4n) is 1.97. The predicted molar refractivity (Wildman–Crippen MR) is 61.9 cm³/mol. The van der Waals surface area contributed by atoms with Gasteiger partial charge >= 0.3 is 0 Å². The number of allylic oxidation sites excluding steroid dienone is 2. The van der Waals surface area contributed by atoms with Gasteiger partial charge in [0.05, 0.1) is 4.92 Å². The molecule has 4 heteroatoms. The Balaban J connectivity index is 2.37. The van der Waals surface area contributed by atoms with Crippen molar-refractivity contribution < 1.29 is 4.92 Å². The Kier molecular flexibility index (Phi) is 2.99. The van der Waals surface area contributed by atoms with E-state index < -0.39 is 0 Å². The molecule has 1 atom stereocenters. The van der Waals surface area contributed by atoms with Gasteiger partial charge in [-0.3, -0.25) is 10.1 Å². The topological polar surface area (TPSA) is 56.0 Å². The van der Waals surface area contributed by atoms with Gasteiger partial charge in [0.2, 0.25) is 0 Å². The number of aromatic nitrogens is 1. The summed E-state index contributed by atoms with van der Waals surface area (Å²) in [6.07, 6.45) is 6.66. The molecule has 1 aromatic heterocycles. The predicted octanol–water partition coefficient (Wildman–Crippen LogP) is 3.19. The minimum Gasteiger partial charge on any atom is -0.258 e. The minimum absolute atomic E-state index is 0.114. The molecule has 0 aromatic carbocycles. The lowest BCUT2D eigenvalue weighted by molar-refractivity contribution is -0.385. The molecule has 1 heterocycles. The first-order valence-electron chi connectivity index (χ1n) is 5.47. The molecule has 16 heavy (non-hydrogen) atoms. The van der Waals surface area contributed by atoms with Crippen molar-refractivity contribution in [3.05, 3.63) is 40.2 Å². The van der Waals surface area contributed by atoms with Crippen molar-refractivity contribution in [3.63, 3.8) is 0 Å². The highest BCUT2D eigenvalue weighted by atomic mass is 16.6. The maximum atomic E-state index is 10.9. The molecule has 0 spiro atoms. The minimum atomic E-state index is -0.360. The van der Waals surface area contributed by atoms with Gasteiger partial charge in [0.15, 0.2) is 0 Å². The smallest absolute Gasteiger partial charge is 0.258 e. The van der Waals surface area contributed by atoms with E-state index in [0.717, 1.165) is 24.8 Å². The summed E-state index contributed by atoms with van der Waals surface area (Å²) in [6, 6.07) is 3.12. The summed E-state index contributed by atoms with van der Waals surface area (Å²) in [4.78, 5) is 14.6. The van der Waals surface area contributed by atoms with Crippen LogP contribution in [0, 0.1) is 16.0 Å². The fourth-order valence-corrected chi connectivity index (χ4v) is 1.97. The van der Waals surface area contributed by atoms with Crippen molar-refractivity contribution >= 4 is 11.3 Å². The summed E-state index contributed by atoms with van der Waals surface area (Å²) in [7, 11) is 0. The Morgan fingerprint density at radius 3 is 3.00 bits per heavy atom. The number of nitrogens with zero attached hydrogens (tertiary/aromatic N) is 2. The first-order chi connectivity index (χ1) is 7.68. The van der Waals surface area contributed by atoms with E-state index in [9.17, 15) is 10.1 Å². The quantitative estimate of drug-likeness (QED) is 0.565. The molecule has 84 valence electrons. The number of hydrogen-bond acceptors (Lipinski definition) is 3. The highest BCUT2D eigenvalue weighted by Crippen LogP contribution is 2.32. The zero-order valence-corrected chi connectivity index (χ0v) is 9.22. The van der Waals surface area contributed by atoms with Gasteiger partial charge in [0.25, 0.3) is 5.69 Å². The van der Waals surface area contributed by atoms with Crippen molar-refractivity contribution in [3.8, 4) is 0 Å². The van der Waals surface area contributed by atoms with Crippen LogP contribution in [0.3, 0.4) is 0 Å².